The van der Waals surface area contributed by atoms with Gasteiger partial charge in [0.25, 0.3) is 0 Å². The number of benzene rings is 1. The first-order chi connectivity index (χ1) is 14.2. The third kappa shape index (κ3) is 7.41. The zero-order valence-electron chi connectivity index (χ0n) is 18.5. The third-order valence-corrected chi connectivity index (χ3v) is 5.87. The molecule has 3 rings (SSSR count). The number of likely N-dealkylation sites (tertiary alicyclic amines) is 2. The first kappa shape index (κ1) is 24.9. The molecule has 6 nitrogen and oxygen atoms in total. The molecule has 0 aromatic heterocycles. The van der Waals surface area contributed by atoms with Crippen molar-refractivity contribution in [3.8, 4) is 0 Å². The Hall–Kier alpha value is -1.35. The van der Waals surface area contributed by atoms with Crippen LogP contribution in [0.3, 0.4) is 0 Å². The van der Waals surface area contributed by atoms with Gasteiger partial charge in [-0.05, 0) is 50.3 Å². The maximum atomic E-state index is 12.0. The second kappa shape index (κ2) is 13.1. The lowest BCUT2D eigenvalue weighted by atomic mass is 10.1. The Morgan fingerprint density at radius 2 is 1.87 bits per heavy atom. The third-order valence-electron chi connectivity index (χ3n) is 5.87. The Labute approximate surface area is 198 Å². The first-order valence-electron chi connectivity index (χ1n) is 11.3. The van der Waals surface area contributed by atoms with Crippen molar-refractivity contribution in [2.45, 2.75) is 65.1 Å². The van der Waals surface area contributed by atoms with Crippen molar-refractivity contribution in [2.75, 3.05) is 32.7 Å². The largest absolute Gasteiger partial charge is 0.357 e. The average Bonchev–Trinajstić information content (AvgIpc) is 3.13. The van der Waals surface area contributed by atoms with E-state index in [0.29, 0.717) is 25.6 Å². The zero-order valence-corrected chi connectivity index (χ0v) is 20.9. The molecule has 2 N–H and O–H groups in total. The Morgan fingerprint density at radius 1 is 1.13 bits per heavy atom. The summed E-state index contributed by atoms with van der Waals surface area (Å²) >= 11 is 0. The van der Waals surface area contributed by atoms with E-state index in [1.807, 2.05) is 4.90 Å². The molecule has 0 unspecified atom stereocenters. The number of guanidine groups is 1. The van der Waals surface area contributed by atoms with Gasteiger partial charge in [0.2, 0.25) is 5.91 Å². The van der Waals surface area contributed by atoms with E-state index in [0.717, 1.165) is 51.4 Å². The molecule has 7 heteroatoms. The Balaban J connectivity index is 0.00000320. The number of hydrogen-bond acceptors (Lipinski definition) is 3. The summed E-state index contributed by atoms with van der Waals surface area (Å²) in [4.78, 5) is 21.4. The van der Waals surface area contributed by atoms with Crippen molar-refractivity contribution < 1.29 is 4.79 Å². The lowest BCUT2D eigenvalue weighted by Gasteiger charge is -2.32. The van der Waals surface area contributed by atoms with Crippen LogP contribution in [-0.4, -0.2) is 60.4 Å². The van der Waals surface area contributed by atoms with Crippen molar-refractivity contribution in [3.63, 3.8) is 0 Å². The molecule has 0 spiro atoms. The van der Waals surface area contributed by atoms with E-state index in [2.05, 4.69) is 53.6 Å². The summed E-state index contributed by atoms with van der Waals surface area (Å²) in [6.45, 7) is 10.9. The fourth-order valence-electron chi connectivity index (χ4n) is 4.24. The lowest BCUT2D eigenvalue weighted by Crippen LogP contribution is -2.48. The number of aliphatic imine (C=N–C) groups is 1. The van der Waals surface area contributed by atoms with Crippen LogP contribution in [0, 0.1) is 0 Å². The van der Waals surface area contributed by atoms with Crippen LogP contribution in [0.15, 0.2) is 29.3 Å². The van der Waals surface area contributed by atoms with Crippen LogP contribution < -0.4 is 10.6 Å². The van der Waals surface area contributed by atoms with E-state index >= 15 is 0 Å². The Morgan fingerprint density at radius 3 is 2.50 bits per heavy atom. The molecule has 0 aliphatic carbocycles. The summed E-state index contributed by atoms with van der Waals surface area (Å²) in [5, 5.41) is 7.03. The molecule has 0 saturated carbocycles. The van der Waals surface area contributed by atoms with Crippen LogP contribution in [0.25, 0.3) is 0 Å². The number of hydrogen-bond donors (Lipinski definition) is 2. The fraction of sp³-hybridized carbons (Fsp3) is 0.652. The van der Waals surface area contributed by atoms with Crippen molar-refractivity contribution in [1.29, 1.82) is 0 Å². The molecule has 30 heavy (non-hydrogen) atoms. The van der Waals surface area contributed by atoms with Crippen LogP contribution in [0.5, 0.6) is 0 Å². The van der Waals surface area contributed by atoms with Crippen molar-refractivity contribution in [2.24, 2.45) is 4.99 Å². The van der Waals surface area contributed by atoms with Crippen molar-refractivity contribution >= 4 is 35.8 Å². The summed E-state index contributed by atoms with van der Waals surface area (Å²) in [6.07, 6.45) is 5.22. The number of piperidine rings is 1. The minimum Gasteiger partial charge on any atom is -0.357 e. The topological polar surface area (TPSA) is 60.0 Å². The van der Waals surface area contributed by atoms with Gasteiger partial charge in [-0.15, -0.1) is 24.0 Å². The van der Waals surface area contributed by atoms with Crippen LogP contribution in [0.1, 0.15) is 57.1 Å². The average molecular weight is 527 g/mol. The number of nitrogens with zero attached hydrogens (tertiary/aromatic N) is 3. The highest BCUT2D eigenvalue weighted by atomic mass is 127. The van der Waals surface area contributed by atoms with Crippen molar-refractivity contribution in [3.05, 3.63) is 35.4 Å². The van der Waals surface area contributed by atoms with E-state index in [9.17, 15) is 4.79 Å². The van der Waals surface area contributed by atoms with Gasteiger partial charge in [-0.25, -0.2) is 4.99 Å². The van der Waals surface area contributed by atoms with Crippen LogP contribution in [0.2, 0.25) is 0 Å². The molecule has 2 aliphatic rings. The fourth-order valence-corrected chi connectivity index (χ4v) is 4.24. The number of rotatable bonds is 8. The number of nitrogens with one attached hydrogen (secondary N) is 2. The molecule has 0 atom stereocenters. The molecule has 0 bridgehead atoms. The first-order valence-corrected chi connectivity index (χ1v) is 11.3. The number of halogens is 1. The minimum atomic E-state index is 0. The predicted octanol–water partition coefficient (Wildman–Crippen LogP) is 3.36. The maximum Gasteiger partial charge on any atom is 0.222 e. The van der Waals surface area contributed by atoms with Crippen LogP contribution in [0.4, 0.5) is 0 Å². The summed E-state index contributed by atoms with van der Waals surface area (Å²) in [5.41, 5.74) is 2.40. The molecular formula is C23H38IN5O. The summed E-state index contributed by atoms with van der Waals surface area (Å²) < 4.78 is 0. The van der Waals surface area contributed by atoms with E-state index < -0.39 is 0 Å². The molecule has 1 aromatic rings. The van der Waals surface area contributed by atoms with Crippen LogP contribution >= 0.6 is 24.0 Å². The normalized spacial score (nSPS) is 18.4. The van der Waals surface area contributed by atoms with Gasteiger partial charge in [0.05, 0.1) is 6.54 Å². The molecule has 1 amide bonds. The predicted molar refractivity (Wildman–Crippen MR) is 134 cm³/mol. The summed E-state index contributed by atoms with van der Waals surface area (Å²) in [7, 11) is 0. The number of carbonyl (C=O) groups excluding carboxylic acids is 1. The van der Waals surface area contributed by atoms with Gasteiger partial charge in [-0.3, -0.25) is 4.79 Å². The van der Waals surface area contributed by atoms with Gasteiger partial charge >= 0.3 is 0 Å². The Kier molecular flexibility index (Phi) is 10.9. The molecular weight excluding hydrogens is 489 g/mol. The lowest BCUT2D eigenvalue weighted by molar-refractivity contribution is -0.128. The Bertz CT molecular complexity index is 688. The minimum absolute atomic E-state index is 0. The van der Waals surface area contributed by atoms with Gasteiger partial charge in [0, 0.05) is 45.2 Å². The van der Waals surface area contributed by atoms with Gasteiger partial charge in [-0.1, -0.05) is 31.2 Å². The van der Waals surface area contributed by atoms with Gasteiger partial charge in [0.1, 0.15) is 0 Å². The molecule has 2 aliphatic heterocycles. The highest BCUT2D eigenvalue weighted by Gasteiger charge is 2.21. The van der Waals surface area contributed by atoms with Gasteiger partial charge in [0.15, 0.2) is 5.96 Å². The zero-order chi connectivity index (χ0) is 20.5. The second-order valence-corrected chi connectivity index (χ2v) is 8.14. The van der Waals surface area contributed by atoms with E-state index in [1.165, 1.54) is 24.1 Å². The maximum absolute atomic E-state index is 12.0. The summed E-state index contributed by atoms with van der Waals surface area (Å²) in [6, 6.07) is 8.85. The molecule has 2 saturated heterocycles. The van der Waals surface area contributed by atoms with E-state index in [4.69, 9.17) is 4.99 Å². The molecule has 1 aromatic carbocycles. The van der Waals surface area contributed by atoms with E-state index in [1.54, 1.807) is 0 Å². The molecule has 2 fully saturated rings. The van der Waals surface area contributed by atoms with E-state index in [-0.39, 0.29) is 29.9 Å². The van der Waals surface area contributed by atoms with Crippen LogP contribution in [-0.2, 0) is 17.9 Å². The number of amides is 1. The second-order valence-electron chi connectivity index (χ2n) is 8.14. The standard InChI is InChI=1S/C23H37N5O.HI/c1-3-13-27-15-11-21(12-16-27)26-23(24-4-2)25-17-19-8-5-6-9-20(19)18-28-14-7-10-22(28)29;/h5-6,8-9,21H,3-4,7,10-18H2,1-2H3,(H2,24,25,26);1H. The van der Waals surface area contributed by atoms with Crippen molar-refractivity contribution in [1.82, 2.24) is 20.4 Å². The molecule has 0 radical (unpaired) electrons. The number of carbonyl (C=O) groups is 1. The quantitative estimate of drug-likeness (QED) is 0.309. The molecule has 2 heterocycles. The van der Waals surface area contributed by atoms with Gasteiger partial charge in [-0.2, -0.15) is 0 Å². The highest BCUT2D eigenvalue weighted by Crippen LogP contribution is 2.18. The SMILES string of the molecule is CCCN1CCC(NC(=NCc2ccccc2CN2CCCC2=O)NCC)CC1.I. The monoisotopic (exact) mass is 527 g/mol. The van der Waals surface area contributed by atoms with Gasteiger partial charge < -0.3 is 20.4 Å². The highest BCUT2D eigenvalue weighted by molar-refractivity contribution is 14.0. The smallest absolute Gasteiger partial charge is 0.222 e. The summed E-state index contributed by atoms with van der Waals surface area (Å²) in [5.74, 6) is 1.17. The molecule has 168 valence electrons.